The Kier molecular flexibility index (Phi) is 6.83. The molecule has 2 aromatic carbocycles. The number of carbonyl (C=O) groups excluding carboxylic acids is 2. The van der Waals surface area contributed by atoms with E-state index in [4.69, 9.17) is 16.3 Å². The number of rotatable bonds is 7. The fourth-order valence-electron chi connectivity index (χ4n) is 3.68. The van der Waals surface area contributed by atoms with Crippen molar-refractivity contribution < 1.29 is 19.4 Å². The Labute approximate surface area is 181 Å². The highest BCUT2D eigenvalue weighted by atomic mass is 35.5. The molecule has 1 saturated heterocycles. The standard InChI is InChI=1S/C24H26ClNO4/c1-4-6-13-26-21(16-9-7-15(5-2)8-10-16)20(23(28)24(26)29)22(27)18-14-17(30-3)11-12-19(18)25/h7-12,14,21,27H,4-6,13H2,1-3H3/b22-20+. The number of amides is 1. The molecule has 1 aliphatic heterocycles. The zero-order chi connectivity index (χ0) is 21.8. The van der Waals surface area contributed by atoms with Crippen LogP contribution in [0.1, 0.15) is 49.4 Å². The quantitative estimate of drug-likeness (QED) is 0.377. The van der Waals surface area contributed by atoms with Crippen molar-refractivity contribution in [2.24, 2.45) is 0 Å². The average molecular weight is 428 g/mol. The molecule has 30 heavy (non-hydrogen) atoms. The van der Waals surface area contributed by atoms with Gasteiger partial charge in [-0.15, -0.1) is 0 Å². The summed E-state index contributed by atoms with van der Waals surface area (Å²) in [4.78, 5) is 27.4. The van der Waals surface area contributed by atoms with Crippen molar-refractivity contribution in [3.05, 3.63) is 69.8 Å². The molecule has 0 aromatic heterocycles. The van der Waals surface area contributed by atoms with Crippen LogP contribution in [0.25, 0.3) is 5.76 Å². The maximum atomic E-state index is 13.0. The van der Waals surface area contributed by atoms with Gasteiger partial charge in [-0.1, -0.05) is 56.1 Å². The molecule has 1 atom stereocenters. The fraction of sp³-hybridized carbons (Fsp3) is 0.333. The van der Waals surface area contributed by atoms with Crippen LogP contribution in [0.4, 0.5) is 0 Å². The Hall–Kier alpha value is -2.79. The lowest BCUT2D eigenvalue weighted by atomic mass is 9.94. The van der Waals surface area contributed by atoms with Crippen LogP contribution < -0.4 is 4.74 Å². The molecule has 3 rings (SSSR count). The van der Waals surface area contributed by atoms with Crippen LogP contribution in [0, 0.1) is 0 Å². The first kappa shape index (κ1) is 21.9. The average Bonchev–Trinajstić information content (AvgIpc) is 3.02. The molecule has 1 N–H and O–H groups in total. The predicted molar refractivity (Wildman–Crippen MR) is 118 cm³/mol. The van der Waals surface area contributed by atoms with Gasteiger partial charge in [0.05, 0.1) is 23.7 Å². The van der Waals surface area contributed by atoms with Gasteiger partial charge in [0.15, 0.2) is 0 Å². The van der Waals surface area contributed by atoms with E-state index >= 15 is 0 Å². The number of methoxy groups -OCH3 is 1. The highest BCUT2D eigenvalue weighted by molar-refractivity contribution is 6.47. The van der Waals surface area contributed by atoms with Crippen molar-refractivity contribution in [3.8, 4) is 5.75 Å². The van der Waals surface area contributed by atoms with E-state index in [0.717, 1.165) is 30.4 Å². The van der Waals surface area contributed by atoms with Gasteiger partial charge in [0, 0.05) is 12.1 Å². The molecule has 0 radical (unpaired) electrons. The summed E-state index contributed by atoms with van der Waals surface area (Å²) in [6.07, 6.45) is 2.53. The van der Waals surface area contributed by atoms with Crippen LogP contribution in [0.2, 0.25) is 5.02 Å². The van der Waals surface area contributed by atoms with Crippen LogP contribution in [-0.4, -0.2) is 35.4 Å². The highest BCUT2D eigenvalue weighted by Gasteiger charge is 2.45. The molecule has 0 bridgehead atoms. The molecule has 0 aliphatic carbocycles. The third-order valence-electron chi connectivity index (χ3n) is 5.42. The van der Waals surface area contributed by atoms with Crippen molar-refractivity contribution in [3.63, 3.8) is 0 Å². The lowest BCUT2D eigenvalue weighted by Crippen LogP contribution is -2.30. The van der Waals surface area contributed by atoms with Crippen molar-refractivity contribution in [1.82, 2.24) is 4.90 Å². The second-order valence-corrected chi connectivity index (χ2v) is 7.69. The zero-order valence-electron chi connectivity index (χ0n) is 17.4. The minimum Gasteiger partial charge on any atom is -0.507 e. The molecule has 1 heterocycles. The van der Waals surface area contributed by atoms with E-state index < -0.39 is 17.7 Å². The van der Waals surface area contributed by atoms with Gasteiger partial charge in [-0.2, -0.15) is 0 Å². The monoisotopic (exact) mass is 427 g/mol. The maximum Gasteiger partial charge on any atom is 0.295 e. The van der Waals surface area contributed by atoms with E-state index in [1.807, 2.05) is 31.2 Å². The number of Topliss-reactive ketones (excluding diaryl/α,β-unsaturated/α-hetero) is 1. The van der Waals surface area contributed by atoms with E-state index in [1.54, 1.807) is 23.1 Å². The summed E-state index contributed by atoms with van der Waals surface area (Å²) >= 11 is 6.30. The zero-order valence-corrected chi connectivity index (χ0v) is 18.2. The number of nitrogens with zero attached hydrogens (tertiary/aromatic N) is 1. The van der Waals surface area contributed by atoms with Gasteiger partial charge in [-0.05, 0) is 42.2 Å². The fourth-order valence-corrected chi connectivity index (χ4v) is 3.89. The van der Waals surface area contributed by atoms with E-state index in [2.05, 4.69) is 6.92 Å². The Balaban J connectivity index is 2.19. The first-order valence-electron chi connectivity index (χ1n) is 10.1. The third kappa shape index (κ3) is 4.08. The summed E-state index contributed by atoms with van der Waals surface area (Å²) in [5, 5.41) is 11.4. The number of hydrogen-bond acceptors (Lipinski definition) is 4. The molecule has 1 amide bonds. The second kappa shape index (κ2) is 9.35. The first-order valence-corrected chi connectivity index (χ1v) is 10.5. The van der Waals surface area contributed by atoms with Gasteiger partial charge in [0.25, 0.3) is 11.7 Å². The van der Waals surface area contributed by atoms with Crippen LogP contribution in [0.15, 0.2) is 48.0 Å². The summed E-state index contributed by atoms with van der Waals surface area (Å²) < 4.78 is 5.23. The normalized spacial score (nSPS) is 18.1. The lowest BCUT2D eigenvalue weighted by Gasteiger charge is -2.25. The number of unbranched alkanes of at least 4 members (excludes halogenated alkanes) is 1. The first-order chi connectivity index (χ1) is 14.4. The van der Waals surface area contributed by atoms with Crippen LogP contribution >= 0.6 is 11.6 Å². The smallest absolute Gasteiger partial charge is 0.295 e. The minimum atomic E-state index is -0.702. The van der Waals surface area contributed by atoms with Crippen molar-refractivity contribution in [1.29, 1.82) is 0 Å². The lowest BCUT2D eigenvalue weighted by molar-refractivity contribution is -0.139. The Bertz CT molecular complexity index is 981. The molecular formula is C24H26ClNO4. The molecule has 0 spiro atoms. The van der Waals surface area contributed by atoms with Gasteiger partial charge >= 0.3 is 0 Å². The maximum absolute atomic E-state index is 13.0. The molecular weight excluding hydrogens is 402 g/mol. The van der Waals surface area contributed by atoms with Gasteiger partial charge in [0.2, 0.25) is 0 Å². The Morgan fingerprint density at radius 3 is 2.43 bits per heavy atom. The van der Waals surface area contributed by atoms with Crippen molar-refractivity contribution in [2.45, 2.75) is 39.2 Å². The number of aliphatic hydroxyl groups excluding tert-OH is 1. The molecule has 6 heteroatoms. The molecule has 2 aromatic rings. The molecule has 5 nitrogen and oxygen atoms in total. The number of hydrogen-bond donors (Lipinski definition) is 1. The van der Waals surface area contributed by atoms with Gasteiger partial charge < -0.3 is 14.7 Å². The second-order valence-electron chi connectivity index (χ2n) is 7.29. The highest BCUT2D eigenvalue weighted by Crippen LogP contribution is 2.41. The van der Waals surface area contributed by atoms with Crippen molar-refractivity contribution >= 4 is 29.1 Å². The number of halogens is 1. The van der Waals surface area contributed by atoms with E-state index in [-0.39, 0.29) is 21.9 Å². The molecule has 1 aliphatic rings. The van der Waals surface area contributed by atoms with Gasteiger partial charge in [-0.25, -0.2) is 0 Å². The third-order valence-corrected chi connectivity index (χ3v) is 5.75. The van der Waals surface area contributed by atoms with Gasteiger partial charge in [0.1, 0.15) is 11.5 Å². The Morgan fingerprint density at radius 1 is 1.13 bits per heavy atom. The molecule has 1 fully saturated rings. The summed E-state index contributed by atoms with van der Waals surface area (Å²) in [6.45, 7) is 4.52. The number of likely N-dealkylation sites (tertiary alicyclic amines) is 1. The SMILES string of the molecule is CCCCN1C(=O)C(=O)/C(=C(/O)c2cc(OC)ccc2Cl)C1c1ccc(CC)cc1. The van der Waals surface area contributed by atoms with Crippen LogP contribution in [0.5, 0.6) is 5.75 Å². The number of ketones is 1. The largest absolute Gasteiger partial charge is 0.507 e. The van der Waals surface area contributed by atoms with Crippen LogP contribution in [-0.2, 0) is 16.0 Å². The summed E-state index contributed by atoms with van der Waals surface area (Å²) in [7, 11) is 1.51. The number of carbonyl (C=O) groups is 2. The topological polar surface area (TPSA) is 66.8 Å². The molecule has 1 unspecified atom stereocenters. The van der Waals surface area contributed by atoms with Crippen molar-refractivity contribution in [2.75, 3.05) is 13.7 Å². The Morgan fingerprint density at radius 2 is 1.83 bits per heavy atom. The summed E-state index contributed by atoms with van der Waals surface area (Å²) in [5.41, 5.74) is 2.25. The number of aryl methyl sites for hydroxylation is 1. The molecule has 0 saturated carbocycles. The summed E-state index contributed by atoms with van der Waals surface area (Å²) in [5.74, 6) is -1.11. The van der Waals surface area contributed by atoms with Gasteiger partial charge in [-0.3, -0.25) is 9.59 Å². The van der Waals surface area contributed by atoms with E-state index in [1.165, 1.54) is 7.11 Å². The minimum absolute atomic E-state index is 0.0514. The summed E-state index contributed by atoms with van der Waals surface area (Å²) in [6, 6.07) is 11.9. The number of benzene rings is 2. The molecule has 158 valence electrons. The van der Waals surface area contributed by atoms with E-state index in [9.17, 15) is 14.7 Å². The number of aliphatic hydroxyl groups is 1. The number of ether oxygens (including phenoxy) is 1. The van der Waals surface area contributed by atoms with E-state index in [0.29, 0.717) is 12.3 Å². The predicted octanol–water partition coefficient (Wildman–Crippen LogP) is 5.13. The van der Waals surface area contributed by atoms with Crippen LogP contribution in [0.3, 0.4) is 0 Å².